The van der Waals surface area contributed by atoms with Crippen LogP contribution in [0.15, 0.2) is 71.6 Å². The summed E-state index contributed by atoms with van der Waals surface area (Å²) in [7, 11) is 0. The average molecular weight is 387 g/mol. The fourth-order valence-electron chi connectivity index (χ4n) is 4.30. The molecule has 29 heavy (non-hydrogen) atoms. The molecule has 3 nitrogen and oxygen atoms in total. The van der Waals surface area contributed by atoms with Gasteiger partial charge in [-0.25, -0.2) is 0 Å². The summed E-state index contributed by atoms with van der Waals surface area (Å²) in [5.41, 5.74) is 7.34. The van der Waals surface area contributed by atoms with Crippen molar-refractivity contribution in [2.75, 3.05) is 10.2 Å². The molecule has 3 heteroatoms. The van der Waals surface area contributed by atoms with E-state index in [0.29, 0.717) is 5.92 Å². The summed E-state index contributed by atoms with van der Waals surface area (Å²) in [6, 6.07) is 16.4. The summed E-state index contributed by atoms with van der Waals surface area (Å²) in [5, 5.41) is 3.46. The molecule has 2 aromatic rings. The third kappa shape index (κ3) is 3.74. The second-order valence-electron chi connectivity index (χ2n) is 9.42. The van der Waals surface area contributed by atoms with Crippen LogP contribution in [0.4, 0.5) is 11.4 Å². The van der Waals surface area contributed by atoms with Gasteiger partial charge in [0.25, 0.3) is 5.91 Å². The smallest absolute Gasteiger partial charge is 0.279 e. The van der Waals surface area contributed by atoms with Gasteiger partial charge in [-0.15, -0.1) is 0 Å². The summed E-state index contributed by atoms with van der Waals surface area (Å²) in [5.74, 6) is 0.550. The molecule has 1 heterocycles. The van der Waals surface area contributed by atoms with Crippen LogP contribution in [0.25, 0.3) is 0 Å². The van der Waals surface area contributed by atoms with E-state index in [1.54, 1.807) is 0 Å². The quantitative estimate of drug-likeness (QED) is 0.666. The lowest BCUT2D eigenvalue weighted by atomic mass is 9.72. The number of fused-ring (bicyclic) bond motifs is 1. The van der Waals surface area contributed by atoms with Crippen LogP contribution in [0.1, 0.15) is 44.7 Å². The normalized spacial score (nSPS) is 19.3. The number of aryl methyl sites for hydroxylation is 2. The van der Waals surface area contributed by atoms with Crippen LogP contribution < -0.4 is 10.2 Å². The Hall–Kier alpha value is -2.81. The molecule has 0 radical (unpaired) electrons. The summed E-state index contributed by atoms with van der Waals surface area (Å²) in [4.78, 5) is 15.5. The number of rotatable bonds is 3. The van der Waals surface area contributed by atoms with Crippen molar-refractivity contribution >= 4 is 17.3 Å². The van der Waals surface area contributed by atoms with Gasteiger partial charge in [0.2, 0.25) is 0 Å². The zero-order chi connectivity index (χ0) is 20.8. The monoisotopic (exact) mass is 386 g/mol. The molecule has 1 atom stereocenters. The highest BCUT2D eigenvalue weighted by Crippen LogP contribution is 2.46. The van der Waals surface area contributed by atoms with Crippen molar-refractivity contribution in [3.05, 3.63) is 82.7 Å². The molecule has 2 aliphatic rings. The van der Waals surface area contributed by atoms with E-state index in [1.165, 1.54) is 5.56 Å². The van der Waals surface area contributed by atoms with Crippen molar-refractivity contribution in [2.45, 2.75) is 47.5 Å². The van der Waals surface area contributed by atoms with Crippen molar-refractivity contribution < 1.29 is 4.79 Å². The van der Waals surface area contributed by atoms with E-state index in [1.807, 2.05) is 29.2 Å². The number of benzene rings is 2. The molecule has 0 fully saturated rings. The third-order valence-electron chi connectivity index (χ3n) is 6.09. The summed E-state index contributed by atoms with van der Waals surface area (Å²) < 4.78 is 0. The van der Waals surface area contributed by atoms with Crippen LogP contribution in [0.5, 0.6) is 0 Å². The Morgan fingerprint density at radius 2 is 1.69 bits per heavy atom. The Morgan fingerprint density at radius 1 is 1.00 bits per heavy atom. The first kappa shape index (κ1) is 19.5. The van der Waals surface area contributed by atoms with Crippen LogP contribution in [-0.2, 0) is 4.79 Å². The molecule has 4 rings (SSSR count). The van der Waals surface area contributed by atoms with Crippen molar-refractivity contribution in [3.8, 4) is 0 Å². The van der Waals surface area contributed by atoms with Crippen molar-refractivity contribution in [1.82, 2.24) is 0 Å². The molecule has 1 aliphatic carbocycles. The number of carbonyl (C=O) groups excluding carboxylic acids is 1. The fraction of sp³-hybridized carbons (Fsp3) is 0.346. The first-order valence-corrected chi connectivity index (χ1v) is 10.4. The molecule has 1 amide bonds. The minimum Gasteiger partial charge on any atom is -0.351 e. The van der Waals surface area contributed by atoms with Gasteiger partial charge in [-0.3, -0.25) is 9.69 Å². The third-order valence-corrected chi connectivity index (χ3v) is 6.09. The summed E-state index contributed by atoms with van der Waals surface area (Å²) in [6.07, 6.45) is 4.17. The van der Waals surface area contributed by atoms with E-state index in [4.69, 9.17) is 0 Å². The fourth-order valence-corrected chi connectivity index (χ4v) is 4.30. The Bertz CT molecular complexity index is 1020. The molecule has 0 spiro atoms. The predicted molar refractivity (Wildman–Crippen MR) is 121 cm³/mol. The maximum atomic E-state index is 13.6. The standard InChI is InChI=1S/C26H30N2O/c1-17-8-6-10-20(14-17)27-24-22-16-19(26(3,4)5)12-13-23(22)28(25(24)29)21-11-7-9-18(2)15-21/h6-11,13-15,19,27H,12,16H2,1-5H3/t19-/m0/s1. The zero-order valence-corrected chi connectivity index (χ0v) is 18.0. The Kier molecular flexibility index (Phi) is 4.85. The minimum absolute atomic E-state index is 0.0351. The molecule has 0 aromatic heterocycles. The number of nitrogens with zero attached hydrogens (tertiary/aromatic N) is 1. The highest BCUT2D eigenvalue weighted by molar-refractivity contribution is 6.15. The van der Waals surface area contributed by atoms with Crippen molar-refractivity contribution in [3.63, 3.8) is 0 Å². The van der Waals surface area contributed by atoms with Gasteiger partial charge >= 0.3 is 0 Å². The van der Waals surface area contributed by atoms with Gasteiger partial charge in [0.15, 0.2) is 0 Å². The first-order chi connectivity index (χ1) is 13.7. The second-order valence-corrected chi connectivity index (χ2v) is 9.42. The largest absolute Gasteiger partial charge is 0.351 e. The Morgan fingerprint density at radius 3 is 2.34 bits per heavy atom. The lowest BCUT2D eigenvalue weighted by Crippen LogP contribution is -2.29. The van der Waals surface area contributed by atoms with Gasteiger partial charge in [-0.05, 0) is 73.4 Å². The first-order valence-electron chi connectivity index (χ1n) is 10.4. The summed E-state index contributed by atoms with van der Waals surface area (Å²) in [6.45, 7) is 11.0. The van der Waals surface area contributed by atoms with Gasteiger partial charge in [0.05, 0.1) is 5.70 Å². The number of hydrogen-bond acceptors (Lipinski definition) is 2. The van der Waals surface area contributed by atoms with Gasteiger partial charge in [-0.2, -0.15) is 0 Å². The van der Waals surface area contributed by atoms with Crippen LogP contribution in [-0.4, -0.2) is 5.91 Å². The molecule has 0 unspecified atom stereocenters. The summed E-state index contributed by atoms with van der Waals surface area (Å²) >= 11 is 0. The number of hydrogen-bond donors (Lipinski definition) is 1. The average Bonchev–Trinajstić information content (AvgIpc) is 2.92. The number of nitrogens with one attached hydrogen (secondary N) is 1. The SMILES string of the molecule is Cc1cccc(NC2=C3C[C@@H](C(C)(C)C)CC=C3N(c3cccc(C)c3)C2=O)c1. The molecular formula is C26H30N2O. The maximum absolute atomic E-state index is 13.6. The van der Waals surface area contributed by atoms with Crippen molar-refractivity contribution in [2.24, 2.45) is 11.3 Å². The highest BCUT2D eigenvalue weighted by atomic mass is 16.2. The van der Waals surface area contributed by atoms with E-state index in [-0.39, 0.29) is 11.3 Å². The molecule has 0 saturated carbocycles. The van der Waals surface area contributed by atoms with E-state index in [0.717, 1.165) is 46.7 Å². The zero-order valence-electron chi connectivity index (χ0n) is 18.0. The molecule has 150 valence electrons. The Labute approximate surface area is 174 Å². The number of amides is 1. The van der Waals surface area contributed by atoms with Gasteiger partial charge < -0.3 is 5.32 Å². The Balaban J connectivity index is 1.79. The van der Waals surface area contributed by atoms with E-state index in [2.05, 4.69) is 70.3 Å². The lowest BCUT2D eigenvalue weighted by molar-refractivity contribution is -0.114. The van der Waals surface area contributed by atoms with Crippen molar-refractivity contribution in [1.29, 1.82) is 0 Å². The van der Waals surface area contributed by atoms with Gasteiger partial charge in [0, 0.05) is 16.9 Å². The van der Waals surface area contributed by atoms with E-state index >= 15 is 0 Å². The van der Waals surface area contributed by atoms with E-state index in [9.17, 15) is 4.79 Å². The number of anilines is 2. The molecule has 2 aromatic carbocycles. The molecule has 1 aliphatic heterocycles. The van der Waals surface area contributed by atoms with Crippen LogP contribution in [0, 0.1) is 25.2 Å². The second kappa shape index (κ2) is 7.22. The molecule has 0 saturated heterocycles. The molecule has 1 N–H and O–H groups in total. The minimum atomic E-state index is 0.0351. The lowest BCUT2D eigenvalue weighted by Gasteiger charge is -2.34. The number of allylic oxidation sites excluding steroid dienone is 2. The van der Waals surface area contributed by atoms with Crippen LogP contribution >= 0.6 is 0 Å². The van der Waals surface area contributed by atoms with Gasteiger partial charge in [-0.1, -0.05) is 51.1 Å². The van der Waals surface area contributed by atoms with Crippen LogP contribution in [0.3, 0.4) is 0 Å². The van der Waals surface area contributed by atoms with Crippen LogP contribution in [0.2, 0.25) is 0 Å². The highest BCUT2D eigenvalue weighted by Gasteiger charge is 2.41. The maximum Gasteiger partial charge on any atom is 0.279 e. The molecule has 0 bridgehead atoms. The van der Waals surface area contributed by atoms with E-state index < -0.39 is 0 Å². The predicted octanol–water partition coefficient (Wildman–Crippen LogP) is 6.36. The topological polar surface area (TPSA) is 32.3 Å². The number of carbonyl (C=O) groups is 1. The van der Waals surface area contributed by atoms with Gasteiger partial charge in [0.1, 0.15) is 5.70 Å². The molecular weight excluding hydrogens is 356 g/mol.